The molecule has 0 aliphatic heterocycles. The number of nitrogens with two attached hydrogens (primary N) is 1. The summed E-state index contributed by atoms with van der Waals surface area (Å²) in [6.07, 6.45) is 0. The van der Waals surface area contributed by atoms with Crippen LogP contribution in [0.1, 0.15) is 41.4 Å². The van der Waals surface area contributed by atoms with Crippen LogP contribution in [0.2, 0.25) is 0 Å². The normalized spacial score (nSPS) is 11.1. The topological polar surface area (TPSA) is 76.2 Å². The van der Waals surface area contributed by atoms with Gasteiger partial charge in [0, 0.05) is 11.9 Å². The zero-order chi connectivity index (χ0) is 13.3. The predicted octanol–water partition coefficient (Wildman–Crippen LogP) is 2.52. The maximum Gasteiger partial charge on any atom is 0.336 e. The molecular formula is C14H16N2O2. The lowest BCUT2D eigenvalue weighted by Gasteiger charge is -2.09. The van der Waals surface area contributed by atoms with E-state index < -0.39 is 5.97 Å². The Labute approximate surface area is 105 Å². The average molecular weight is 244 g/mol. The van der Waals surface area contributed by atoms with Gasteiger partial charge in [0.15, 0.2) is 0 Å². The minimum absolute atomic E-state index is 0.238. The van der Waals surface area contributed by atoms with Crippen LogP contribution in [-0.4, -0.2) is 16.1 Å². The summed E-state index contributed by atoms with van der Waals surface area (Å²) < 4.78 is 0. The molecule has 1 aromatic heterocycles. The maximum absolute atomic E-state index is 11.3. The van der Waals surface area contributed by atoms with Crippen molar-refractivity contribution in [3.63, 3.8) is 0 Å². The second kappa shape index (κ2) is 4.74. The van der Waals surface area contributed by atoms with Gasteiger partial charge in [0.2, 0.25) is 0 Å². The first-order valence-electron chi connectivity index (χ1n) is 5.90. The molecule has 1 aromatic carbocycles. The molecule has 0 bridgehead atoms. The molecule has 4 nitrogen and oxygen atoms in total. The largest absolute Gasteiger partial charge is 0.478 e. The quantitative estimate of drug-likeness (QED) is 0.869. The van der Waals surface area contributed by atoms with E-state index in [0.717, 1.165) is 5.56 Å². The number of benzene rings is 1. The first kappa shape index (κ1) is 12.5. The first-order chi connectivity index (χ1) is 8.52. The number of carbonyl (C=O) groups is 1. The molecule has 0 saturated heterocycles. The van der Waals surface area contributed by atoms with Gasteiger partial charge in [-0.15, -0.1) is 0 Å². The summed E-state index contributed by atoms with van der Waals surface area (Å²) in [6.45, 7) is 4.38. The minimum atomic E-state index is -0.946. The Morgan fingerprint density at radius 2 is 2.11 bits per heavy atom. The predicted molar refractivity (Wildman–Crippen MR) is 70.7 cm³/mol. The smallest absolute Gasteiger partial charge is 0.336 e. The number of carboxylic acid groups (broad SMARTS) is 1. The summed E-state index contributed by atoms with van der Waals surface area (Å²) in [4.78, 5) is 15.6. The summed E-state index contributed by atoms with van der Waals surface area (Å²) in [6, 6.07) is 7.29. The molecule has 2 rings (SSSR count). The lowest BCUT2D eigenvalue weighted by atomic mass is 9.98. The van der Waals surface area contributed by atoms with E-state index in [4.69, 9.17) is 5.73 Å². The number of aromatic nitrogens is 1. The third-order valence-corrected chi connectivity index (χ3v) is 2.99. The number of rotatable bonds is 3. The van der Waals surface area contributed by atoms with Gasteiger partial charge >= 0.3 is 5.97 Å². The van der Waals surface area contributed by atoms with Gasteiger partial charge in [0.25, 0.3) is 0 Å². The summed E-state index contributed by atoms with van der Waals surface area (Å²) in [7, 11) is 0. The fourth-order valence-electron chi connectivity index (χ4n) is 1.94. The molecule has 0 atom stereocenters. The fraction of sp³-hybridized carbons (Fsp3) is 0.286. The molecule has 18 heavy (non-hydrogen) atoms. The van der Waals surface area contributed by atoms with Crippen LogP contribution in [0.4, 0.5) is 0 Å². The van der Waals surface area contributed by atoms with Crippen LogP contribution in [-0.2, 0) is 6.54 Å². The second-order valence-corrected chi connectivity index (χ2v) is 4.60. The van der Waals surface area contributed by atoms with Crippen molar-refractivity contribution < 1.29 is 9.90 Å². The van der Waals surface area contributed by atoms with Gasteiger partial charge in [0.05, 0.1) is 16.8 Å². The van der Waals surface area contributed by atoms with Crippen molar-refractivity contribution in [3.8, 4) is 0 Å². The van der Waals surface area contributed by atoms with Crippen LogP contribution in [0, 0.1) is 0 Å². The van der Waals surface area contributed by atoms with Crippen LogP contribution in [0.15, 0.2) is 24.3 Å². The molecule has 0 saturated carbocycles. The summed E-state index contributed by atoms with van der Waals surface area (Å²) >= 11 is 0. The van der Waals surface area contributed by atoms with Gasteiger partial charge < -0.3 is 10.8 Å². The maximum atomic E-state index is 11.3. The highest BCUT2D eigenvalue weighted by molar-refractivity contribution is 6.02. The van der Waals surface area contributed by atoms with E-state index in [1.54, 1.807) is 6.07 Å². The lowest BCUT2D eigenvalue weighted by molar-refractivity contribution is 0.0699. The second-order valence-electron chi connectivity index (χ2n) is 4.60. The molecule has 3 N–H and O–H groups in total. The van der Waals surface area contributed by atoms with Crippen LogP contribution in [0.25, 0.3) is 10.9 Å². The zero-order valence-electron chi connectivity index (χ0n) is 10.5. The fourth-order valence-corrected chi connectivity index (χ4v) is 1.94. The number of fused-ring (bicyclic) bond motifs is 1. The number of nitrogens with zero attached hydrogens (tertiary/aromatic N) is 1. The van der Waals surface area contributed by atoms with Crippen molar-refractivity contribution in [1.29, 1.82) is 0 Å². The molecule has 0 aliphatic carbocycles. The summed E-state index contributed by atoms with van der Waals surface area (Å²) in [5.41, 5.74) is 8.18. The highest BCUT2D eigenvalue weighted by atomic mass is 16.4. The van der Waals surface area contributed by atoms with E-state index in [2.05, 4.69) is 18.8 Å². The van der Waals surface area contributed by atoms with Gasteiger partial charge in [-0.25, -0.2) is 4.79 Å². The monoisotopic (exact) mass is 244 g/mol. The number of pyridine rings is 1. The van der Waals surface area contributed by atoms with Gasteiger partial charge in [-0.05, 0) is 29.7 Å². The Hall–Kier alpha value is -1.94. The van der Waals surface area contributed by atoms with Crippen molar-refractivity contribution in [2.24, 2.45) is 5.73 Å². The molecule has 0 unspecified atom stereocenters. The van der Waals surface area contributed by atoms with Crippen LogP contribution in [0.3, 0.4) is 0 Å². The van der Waals surface area contributed by atoms with Crippen molar-refractivity contribution in [2.75, 3.05) is 0 Å². The molecular weight excluding hydrogens is 228 g/mol. The van der Waals surface area contributed by atoms with E-state index in [-0.39, 0.29) is 12.1 Å². The molecule has 0 fully saturated rings. The molecule has 94 valence electrons. The van der Waals surface area contributed by atoms with E-state index >= 15 is 0 Å². The van der Waals surface area contributed by atoms with Gasteiger partial charge in [-0.1, -0.05) is 19.9 Å². The Balaban J connectivity index is 2.75. The zero-order valence-corrected chi connectivity index (χ0v) is 10.5. The molecule has 0 amide bonds. The number of aromatic carboxylic acids is 1. The minimum Gasteiger partial charge on any atom is -0.478 e. The lowest BCUT2D eigenvalue weighted by Crippen LogP contribution is -2.05. The SMILES string of the molecule is CC(C)c1ccc2nc(CN)cc(C(=O)O)c2c1. The van der Waals surface area contributed by atoms with E-state index in [1.165, 1.54) is 0 Å². The Morgan fingerprint density at radius 3 is 2.67 bits per heavy atom. The average Bonchev–Trinajstić information content (AvgIpc) is 2.36. The number of carboxylic acids is 1. The van der Waals surface area contributed by atoms with Crippen LogP contribution >= 0.6 is 0 Å². The third-order valence-electron chi connectivity index (χ3n) is 2.99. The van der Waals surface area contributed by atoms with Crippen molar-refractivity contribution in [1.82, 2.24) is 4.98 Å². The van der Waals surface area contributed by atoms with Crippen LogP contribution < -0.4 is 5.73 Å². The van der Waals surface area contributed by atoms with E-state index in [9.17, 15) is 9.90 Å². The Morgan fingerprint density at radius 1 is 1.39 bits per heavy atom. The van der Waals surface area contributed by atoms with Gasteiger partial charge in [-0.2, -0.15) is 0 Å². The van der Waals surface area contributed by atoms with Crippen molar-refractivity contribution in [3.05, 3.63) is 41.1 Å². The van der Waals surface area contributed by atoms with Crippen molar-refractivity contribution in [2.45, 2.75) is 26.3 Å². The Bertz CT molecular complexity index is 606. The van der Waals surface area contributed by atoms with Crippen LogP contribution in [0.5, 0.6) is 0 Å². The van der Waals surface area contributed by atoms with E-state index in [0.29, 0.717) is 22.5 Å². The molecule has 2 aromatic rings. The number of hydrogen-bond donors (Lipinski definition) is 2. The molecule has 1 heterocycles. The third kappa shape index (κ3) is 2.19. The van der Waals surface area contributed by atoms with Crippen molar-refractivity contribution >= 4 is 16.9 Å². The molecule has 0 spiro atoms. The molecule has 0 aliphatic rings. The van der Waals surface area contributed by atoms with E-state index in [1.807, 2.05) is 18.2 Å². The summed E-state index contributed by atoms with van der Waals surface area (Å²) in [5.74, 6) is -0.594. The highest BCUT2D eigenvalue weighted by Crippen LogP contribution is 2.24. The molecule has 4 heteroatoms. The first-order valence-corrected chi connectivity index (χ1v) is 5.90. The van der Waals surface area contributed by atoms with Gasteiger partial charge in [-0.3, -0.25) is 4.98 Å². The summed E-state index contributed by atoms with van der Waals surface area (Å²) in [5, 5.41) is 9.94. The molecule has 0 radical (unpaired) electrons. The highest BCUT2D eigenvalue weighted by Gasteiger charge is 2.12. The Kier molecular flexibility index (Phi) is 3.30. The standard InChI is InChI=1S/C14H16N2O2/c1-8(2)9-3-4-13-11(5-9)12(14(17)18)6-10(7-15)16-13/h3-6,8H,7,15H2,1-2H3,(H,17,18). The number of hydrogen-bond acceptors (Lipinski definition) is 3. The van der Waals surface area contributed by atoms with Gasteiger partial charge in [0.1, 0.15) is 0 Å².